The van der Waals surface area contributed by atoms with Crippen molar-refractivity contribution in [2.45, 2.75) is 26.7 Å². The minimum Gasteiger partial charge on any atom is -0.483 e. The molecule has 1 N–H and O–H groups in total. The molecule has 0 aliphatic carbocycles. The second-order valence-electron chi connectivity index (χ2n) is 6.28. The Bertz CT molecular complexity index is 804. The number of ether oxygens (including phenoxy) is 1. The molecule has 0 bridgehead atoms. The Kier molecular flexibility index (Phi) is 8.99. The predicted octanol–water partition coefficient (Wildman–Crippen LogP) is 5.49. The number of hydrogen-bond acceptors (Lipinski definition) is 3. The summed E-state index contributed by atoms with van der Waals surface area (Å²) < 4.78 is 7.22. The molecule has 0 atom stereocenters. The molecule has 7 heteroatoms. The lowest BCUT2D eigenvalue weighted by molar-refractivity contribution is -0.118. The molecule has 2 amide bonds. The van der Waals surface area contributed by atoms with Gasteiger partial charge in [0.1, 0.15) is 5.75 Å². The summed E-state index contributed by atoms with van der Waals surface area (Å²) in [5.41, 5.74) is 1.24. The highest BCUT2D eigenvalue weighted by molar-refractivity contribution is 9.11. The van der Waals surface area contributed by atoms with E-state index in [1.165, 1.54) is 0 Å². The first-order valence-corrected chi connectivity index (χ1v) is 10.8. The number of carbonyl (C=O) groups excluding carboxylic acids is 2. The maximum absolute atomic E-state index is 12.6. The quantitative estimate of drug-likeness (QED) is 0.484. The van der Waals surface area contributed by atoms with Gasteiger partial charge >= 0.3 is 0 Å². The van der Waals surface area contributed by atoms with Crippen molar-refractivity contribution >= 4 is 49.4 Å². The topological polar surface area (TPSA) is 58.6 Å². The highest BCUT2D eigenvalue weighted by Crippen LogP contribution is 2.28. The molecule has 0 aromatic heterocycles. The first kappa shape index (κ1) is 22.4. The molecule has 0 spiro atoms. The zero-order valence-corrected chi connectivity index (χ0v) is 19.2. The van der Waals surface area contributed by atoms with Crippen molar-refractivity contribution in [3.63, 3.8) is 0 Å². The number of nitrogens with zero attached hydrogens (tertiary/aromatic N) is 1. The van der Waals surface area contributed by atoms with E-state index in [4.69, 9.17) is 4.74 Å². The predicted molar refractivity (Wildman–Crippen MR) is 119 cm³/mol. The van der Waals surface area contributed by atoms with E-state index in [2.05, 4.69) is 51.0 Å². The van der Waals surface area contributed by atoms with Gasteiger partial charge in [-0.05, 0) is 71.2 Å². The molecule has 2 aromatic rings. The standard InChI is InChI=1S/C21H24Br2N2O3/c1-3-11-25(12-4-2)21(27)15-5-8-17(9-6-15)24-20(26)14-28-19-10-7-16(22)13-18(19)23/h5-10,13H,3-4,11-12,14H2,1-2H3,(H,24,26). The third-order valence-corrected chi connectivity index (χ3v) is 5.06. The third-order valence-electron chi connectivity index (χ3n) is 3.94. The fourth-order valence-electron chi connectivity index (χ4n) is 2.67. The van der Waals surface area contributed by atoms with Crippen LogP contribution in [0.15, 0.2) is 51.4 Å². The number of benzene rings is 2. The van der Waals surface area contributed by atoms with E-state index < -0.39 is 0 Å². The second-order valence-corrected chi connectivity index (χ2v) is 8.05. The van der Waals surface area contributed by atoms with E-state index >= 15 is 0 Å². The van der Waals surface area contributed by atoms with Crippen LogP contribution in [0.4, 0.5) is 5.69 Å². The van der Waals surface area contributed by atoms with E-state index in [0.29, 0.717) is 17.0 Å². The number of carbonyl (C=O) groups is 2. The molecule has 150 valence electrons. The maximum Gasteiger partial charge on any atom is 0.262 e. The van der Waals surface area contributed by atoms with Gasteiger partial charge in [0.05, 0.1) is 4.47 Å². The van der Waals surface area contributed by atoms with Crippen molar-refractivity contribution < 1.29 is 14.3 Å². The van der Waals surface area contributed by atoms with Crippen molar-refractivity contribution in [2.24, 2.45) is 0 Å². The summed E-state index contributed by atoms with van der Waals surface area (Å²) in [5.74, 6) is 0.337. The van der Waals surface area contributed by atoms with Crippen LogP contribution in [0.1, 0.15) is 37.0 Å². The molecule has 0 aliphatic rings. The van der Waals surface area contributed by atoms with E-state index in [0.717, 1.165) is 34.9 Å². The zero-order valence-electron chi connectivity index (χ0n) is 16.0. The number of halogens is 2. The van der Waals surface area contributed by atoms with E-state index in [1.54, 1.807) is 30.3 Å². The lowest BCUT2D eigenvalue weighted by atomic mass is 10.1. The molecular formula is C21H24Br2N2O3. The van der Waals surface area contributed by atoms with Crippen LogP contribution in [-0.4, -0.2) is 36.4 Å². The molecule has 0 unspecified atom stereocenters. The Balaban J connectivity index is 1.92. The van der Waals surface area contributed by atoms with Gasteiger partial charge in [0, 0.05) is 28.8 Å². The first-order valence-electron chi connectivity index (χ1n) is 9.21. The summed E-state index contributed by atoms with van der Waals surface area (Å²) in [6.07, 6.45) is 1.85. The lowest BCUT2D eigenvalue weighted by Gasteiger charge is -2.21. The molecule has 0 saturated carbocycles. The Morgan fingerprint density at radius 3 is 2.21 bits per heavy atom. The van der Waals surface area contributed by atoms with Crippen molar-refractivity contribution in [2.75, 3.05) is 25.0 Å². The van der Waals surface area contributed by atoms with E-state index in [1.807, 2.05) is 17.0 Å². The largest absolute Gasteiger partial charge is 0.483 e. The Labute approximate surface area is 182 Å². The van der Waals surface area contributed by atoms with Crippen LogP contribution in [0, 0.1) is 0 Å². The van der Waals surface area contributed by atoms with Crippen LogP contribution >= 0.6 is 31.9 Å². The van der Waals surface area contributed by atoms with Gasteiger partial charge in [-0.15, -0.1) is 0 Å². The molecular weight excluding hydrogens is 488 g/mol. The highest BCUT2D eigenvalue weighted by Gasteiger charge is 2.14. The summed E-state index contributed by atoms with van der Waals surface area (Å²) in [4.78, 5) is 26.6. The van der Waals surface area contributed by atoms with Gasteiger partial charge in [0.2, 0.25) is 0 Å². The molecule has 0 fully saturated rings. The van der Waals surface area contributed by atoms with Crippen molar-refractivity contribution in [1.29, 1.82) is 0 Å². The Hall–Kier alpha value is -1.86. The normalized spacial score (nSPS) is 10.4. The Morgan fingerprint density at radius 2 is 1.64 bits per heavy atom. The fraction of sp³-hybridized carbons (Fsp3) is 0.333. The van der Waals surface area contributed by atoms with Gasteiger partial charge in [0.25, 0.3) is 11.8 Å². The van der Waals surface area contributed by atoms with E-state index in [9.17, 15) is 9.59 Å². The van der Waals surface area contributed by atoms with Gasteiger partial charge in [-0.3, -0.25) is 9.59 Å². The van der Waals surface area contributed by atoms with Gasteiger partial charge in [-0.2, -0.15) is 0 Å². The maximum atomic E-state index is 12.6. The molecule has 0 saturated heterocycles. The summed E-state index contributed by atoms with van der Waals surface area (Å²) in [6, 6.07) is 12.4. The fourth-order valence-corrected chi connectivity index (χ4v) is 3.83. The van der Waals surface area contributed by atoms with Gasteiger partial charge in [-0.1, -0.05) is 29.8 Å². The Morgan fingerprint density at radius 1 is 1.00 bits per heavy atom. The monoisotopic (exact) mass is 510 g/mol. The number of amides is 2. The molecule has 28 heavy (non-hydrogen) atoms. The minimum absolute atomic E-state index is 0.0185. The molecule has 2 aromatic carbocycles. The zero-order chi connectivity index (χ0) is 20.5. The van der Waals surface area contributed by atoms with E-state index in [-0.39, 0.29) is 18.4 Å². The molecule has 0 radical (unpaired) electrons. The number of rotatable bonds is 9. The SMILES string of the molecule is CCCN(CCC)C(=O)c1ccc(NC(=O)COc2ccc(Br)cc2Br)cc1. The molecule has 0 aliphatic heterocycles. The van der Waals surface area contributed by atoms with Crippen molar-refractivity contribution in [3.8, 4) is 5.75 Å². The van der Waals surface area contributed by atoms with Gasteiger partial charge in [-0.25, -0.2) is 0 Å². The van der Waals surface area contributed by atoms with Crippen LogP contribution in [0.25, 0.3) is 0 Å². The van der Waals surface area contributed by atoms with Gasteiger partial charge in [0.15, 0.2) is 6.61 Å². The van der Waals surface area contributed by atoms with Gasteiger partial charge < -0.3 is 15.0 Å². The van der Waals surface area contributed by atoms with Crippen LogP contribution in [-0.2, 0) is 4.79 Å². The smallest absolute Gasteiger partial charge is 0.262 e. The first-order chi connectivity index (χ1) is 13.4. The average molecular weight is 512 g/mol. The summed E-state index contributed by atoms with van der Waals surface area (Å²) in [5, 5.41) is 2.78. The highest BCUT2D eigenvalue weighted by atomic mass is 79.9. The number of hydrogen-bond donors (Lipinski definition) is 1. The average Bonchev–Trinajstić information content (AvgIpc) is 2.67. The van der Waals surface area contributed by atoms with Crippen molar-refractivity contribution in [3.05, 3.63) is 57.0 Å². The summed E-state index contributed by atoms with van der Waals surface area (Å²) in [6.45, 7) is 5.50. The van der Waals surface area contributed by atoms with Crippen molar-refractivity contribution in [1.82, 2.24) is 4.90 Å². The summed E-state index contributed by atoms with van der Waals surface area (Å²) >= 11 is 6.77. The lowest BCUT2D eigenvalue weighted by Crippen LogP contribution is -2.32. The van der Waals surface area contributed by atoms with Crippen LogP contribution in [0.5, 0.6) is 5.75 Å². The minimum atomic E-state index is -0.271. The van der Waals surface area contributed by atoms with Crippen LogP contribution < -0.4 is 10.1 Å². The van der Waals surface area contributed by atoms with Crippen LogP contribution in [0.2, 0.25) is 0 Å². The second kappa shape index (κ2) is 11.2. The molecule has 5 nitrogen and oxygen atoms in total. The number of anilines is 1. The van der Waals surface area contributed by atoms with Crippen LogP contribution in [0.3, 0.4) is 0 Å². The number of nitrogens with one attached hydrogen (secondary N) is 1. The molecule has 0 heterocycles. The summed E-state index contributed by atoms with van der Waals surface area (Å²) in [7, 11) is 0. The third kappa shape index (κ3) is 6.63. The molecule has 2 rings (SSSR count).